The fourth-order valence-corrected chi connectivity index (χ4v) is 1.87. The first-order valence-corrected chi connectivity index (χ1v) is 5.97. The first-order valence-electron chi connectivity index (χ1n) is 4.53. The van der Waals surface area contributed by atoms with E-state index in [9.17, 15) is 13.5 Å². The van der Waals surface area contributed by atoms with Crippen LogP contribution in [0, 0.1) is 0 Å². The van der Waals surface area contributed by atoms with Crippen LogP contribution >= 0.6 is 0 Å². The van der Waals surface area contributed by atoms with Gasteiger partial charge in [-0.05, 0) is 25.1 Å². The molecule has 2 aromatic rings. The average molecular weight is 242 g/mol. The standard InChI is InChI=1S/C9H10N2O4S/c1-5(12)9-10-7-3-2-6(16(13,14)15)4-8(7)11-9/h2-5,12H,1H3,(H,10,11)(H,13,14,15)/t5-/m0/s1. The van der Waals surface area contributed by atoms with Gasteiger partial charge in [0.1, 0.15) is 11.9 Å². The number of imidazole rings is 1. The largest absolute Gasteiger partial charge is 0.385 e. The second-order valence-corrected chi connectivity index (χ2v) is 4.87. The number of fused-ring (bicyclic) bond motifs is 1. The molecule has 0 aliphatic carbocycles. The summed E-state index contributed by atoms with van der Waals surface area (Å²) in [5.74, 6) is 0.350. The molecular weight excluding hydrogens is 232 g/mol. The van der Waals surface area contributed by atoms with Crippen LogP contribution in [0.5, 0.6) is 0 Å². The molecule has 0 fully saturated rings. The Kier molecular flexibility index (Phi) is 2.45. The number of H-pyrrole nitrogens is 1. The molecule has 0 unspecified atom stereocenters. The molecule has 0 amide bonds. The summed E-state index contributed by atoms with van der Waals surface area (Å²) < 4.78 is 30.6. The van der Waals surface area contributed by atoms with Crippen molar-refractivity contribution in [3.05, 3.63) is 24.0 Å². The van der Waals surface area contributed by atoms with Gasteiger partial charge in [0, 0.05) is 0 Å². The van der Waals surface area contributed by atoms with Crippen molar-refractivity contribution in [3.63, 3.8) is 0 Å². The number of nitrogens with zero attached hydrogens (tertiary/aromatic N) is 1. The third-order valence-electron chi connectivity index (χ3n) is 2.17. The number of rotatable bonds is 2. The van der Waals surface area contributed by atoms with Gasteiger partial charge in [0.05, 0.1) is 15.9 Å². The lowest BCUT2D eigenvalue weighted by Crippen LogP contribution is -1.97. The molecule has 1 heterocycles. The number of aromatic nitrogens is 2. The Morgan fingerprint density at radius 2 is 2.12 bits per heavy atom. The van der Waals surface area contributed by atoms with Crippen LogP contribution in [0.1, 0.15) is 18.9 Å². The predicted molar refractivity (Wildman–Crippen MR) is 56.5 cm³/mol. The van der Waals surface area contributed by atoms with Crippen molar-refractivity contribution >= 4 is 21.2 Å². The summed E-state index contributed by atoms with van der Waals surface area (Å²) in [5.41, 5.74) is 0.981. The van der Waals surface area contributed by atoms with Crippen LogP contribution in [0.15, 0.2) is 23.1 Å². The van der Waals surface area contributed by atoms with Gasteiger partial charge >= 0.3 is 0 Å². The molecule has 7 heteroatoms. The van der Waals surface area contributed by atoms with E-state index in [1.54, 1.807) is 6.92 Å². The van der Waals surface area contributed by atoms with Crippen molar-refractivity contribution in [2.75, 3.05) is 0 Å². The minimum atomic E-state index is -4.22. The Hall–Kier alpha value is -1.44. The highest BCUT2D eigenvalue weighted by atomic mass is 32.2. The van der Waals surface area contributed by atoms with Crippen LogP contribution in [-0.2, 0) is 10.1 Å². The van der Waals surface area contributed by atoms with E-state index in [1.807, 2.05) is 0 Å². The van der Waals surface area contributed by atoms with E-state index < -0.39 is 16.2 Å². The third kappa shape index (κ3) is 1.92. The molecule has 0 radical (unpaired) electrons. The van der Waals surface area contributed by atoms with Crippen LogP contribution < -0.4 is 0 Å². The number of benzene rings is 1. The van der Waals surface area contributed by atoms with E-state index in [-0.39, 0.29) is 4.90 Å². The molecule has 0 bridgehead atoms. The Balaban J connectivity index is 2.63. The molecule has 0 saturated heterocycles. The zero-order valence-corrected chi connectivity index (χ0v) is 9.19. The lowest BCUT2D eigenvalue weighted by molar-refractivity contribution is 0.190. The number of hydrogen-bond acceptors (Lipinski definition) is 4. The third-order valence-corrected chi connectivity index (χ3v) is 3.01. The Morgan fingerprint density at radius 1 is 1.44 bits per heavy atom. The van der Waals surface area contributed by atoms with Gasteiger partial charge in [-0.1, -0.05) is 0 Å². The fraction of sp³-hybridized carbons (Fsp3) is 0.222. The molecular formula is C9H10N2O4S. The van der Waals surface area contributed by atoms with Gasteiger partial charge < -0.3 is 10.1 Å². The molecule has 1 atom stereocenters. The number of nitrogens with one attached hydrogen (secondary N) is 1. The summed E-state index contributed by atoms with van der Waals surface area (Å²) in [6.07, 6.45) is -0.762. The quantitative estimate of drug-likeness (QED) is 0.678. The van der Waals surface area contributed by atoms with Gasteiger partial charge in [-0.15, -0.1) is 0 Å². The number of hydrogen-bond donors (Lipinski definition) is 3. The van der Waals surface area contributed by atoms with Crippen LogP contribution in [0.4, 0.5) is 0 Å². The highest BCUT2D eigenvalue weighted by molar-refractivity contribution is 7.85. The van der Waals surface area contributed by atoms with E-state index >= 15 is 0 Å². The minimum absolute atomic E-state index is 0.208. The molecule has 0 aliphatic rings. The van der Waals surface area contributed by atoms with E-state index in [1.165, 1.54) is 18.2 Å². The van der Waals surface area contributed by atoms with Crippen LogP contribution in [-0.4, -0.2) is 28.0 Å². The second kappa shape index (κ2) is 3.55. The molecule has 0 aliphatic heterocycles. The number of aliphatic hydroxyl groups excluding tert-OH is 1. The van der Waals surface area contributed by atoms with Gasteiger partial charge in [-0.3, -0.25) is 4.55 Å². The average Bonchev–Trinajstić information content (AvgIpc) is 2.58. The number of aromatic amines is 1. The summed E-state index contributed by atoms with van der Waals surface area (Å²) in [6, 6.07) is 3.98. The lowest BCUT2D eigenvalue weighted by Gasteiger charge is -1.96. The Labute approximate surface area is 91.7 Å². The van der Waals surface area contributed by atoms with Crippen molar-refractivity contribution in [3.8, 4) is 0 Å². The van der Waals surface area contributed by atoms with Crippen LogP contribution in [0.3, 0.4) is 0 Å². The maximum absolute atomic E-state index is 10.9. The molecule has 1 aromatic heterocycles. The maximum Gasteiger partial charge on any atom is 0.294 e. The second-order valence-electron chi connectivity index (χ2n) is 3.45. The summed E-state index contributed by atoms with van der Waals surface area (Å²) in [5, 5.41) is 9.29. The SMILES string of the molecule is C[C@H](O)c1nc2ccc(S(=O)(=O)O)cc2[nH]1. The zero-order chi connectivity index (χ0) is 11.9. The molecule has 2 rings (SSSR count). The van der Waals surface area contributed by atoms with E-state index in [4.69, 9.17) is 4.55 Å². The zero-order valence-electron chi connectivity index (χ0n) is 8.38. The van der Waals surface area contributed by atoms with Crippen molar-refractivity contribution in [2.45, 2.75) is 17.9 Å². The molecule has 6 nitrogen and oxygen atoms in total. The Morgan fingerprint density at radius 3 is 2.69 bits per heavy atom. The van der Waals surface area contributed by atoms with E-state index in [0.29, 0.717) is 16.9 Å². The van der Waals surface area contributed by atoms with Crippen molar-refractivity contribution in [1.29, 1.82) is 0 Å². The normalized spacial score (nSPS) is 14.2. The molecule has 1 aromatic carbocycles. The Bertz CT molecular complexity index is 630. The monoisotopic (exact) mass is 242 g/mol. The van der Waals surface area contributed by atoms with Crippen molar-refractivity contribution < 1.29 is 18.1 Å². The smallest absolute Gasteiger partial charge is 0.294 e. The number of aliphatic hydroxyl groups is 1. The molecule has 0 spiro atoms. The summed E-state index contributed by atoms with van der Waals surface area (Å²) in [4.78, 5) is 6.62. The molecule has 86 valence electrons. The summed E-state index contributed by atoms with van der Waals surface area (Å²) in [6.45, 7) is 1.54. The molecule has 3 N–H and O–H groups in total. The first-order chi connectivity index (χ1) is 7.38. The van der Waals surface area contributed by atoms with Gasteiger partial charge in [0.15, 0.2) is 0 Å². The van der Waals surface area contributed by atoms with Crippen molar-refractivity contribution in [1.82, 2.24) is 9.97 Å². The first kappa shape index (κ1) is 11.1. The highest BCUT2D eigenvalue weighted by Gasteiger charge is 2.13. The maximum atomic E-state index is 10.9. The van der Waals surface area contributed by atoms with Crippen LogP contribution in [0.25, 0.3) is 11.0 Å². The highest BCUT2D eigenvalue weighted by Crippen LogP contribution is 2.19. The summed E-state index contributed by atoms with van der Waals surface area (Å²) >= 11 is 0. The van der Waals surface area contributed by atoms with Gasteiger partial charge in [0.2, 0.25) is 0 Å². The van der Waals surface area contributed by atoms with Gasteiger partial charge in [-0.2, -0.15) is 8.42 Å². The van der Waals surface area contributed by atoms with Crippen molar-refractivity contribution in [2.24, 2.45) is 0 Å². The van der Waals surface area contributed by atoms with Gasteiger partial charge in [-0.25, -0.2) is 4.98 Å². The minimum Gasteiger partial charge on any atom is -0.385 e. The fourth-order valence-electron chi connectivity index (χ4n) is 1.37. The summed E-state index contributed by atoms with van der Waals surface area (Å²) in [7, 11) is -4.22. The van der Waals surface area contributed by atoms with Crippen LogP contribution in [0.2, 0.25) is 0 Å². The van der Waals surface area contributed by atoms with E-state index in [2.05, 4.69) is 9.97 Å². The molecule has 16 heavy (non-hydrogen) atoms. The van der Waals surface area contributed by atoms with Gasteiger partial charge in [0.25, 0.3) is 10.1 Å². The van der Waals surface area contributed by atoms with E-state index in [0.717, 1.165) is 0 Å². The topological polar surface area (TPSA) is 103 Å². The lowest BCUT2D eigenvalue weighted by atomic mass is 10.3. The molecule has 0 saturated carbocycles. The predicted octanol–water partition coefficient (Wildman–Crippen LogP) is 0.863.